The highest BCUT2D eigenvalue weighted by atomic mass is 16.5. The number of amides is 1. The Labute approximate surface area is 131 Å². The zero-order valence-electron chi connectivity index (χ0n) is 13.8. The van der Waals surface area contributed by atoms with E-state index in [9.17, 15) is 9.59 Å². The van der Waals surface area contributed by atoms with Gasteiger partial charge in [-0.05, 0) is 25.7 Å². The Morgan fingerprint density at radius 3 is 2.82 bits per heavy atom. The molecule has 1 unspecified atom stereocenters. The van der Waals surface area contributed by atoms with E-state index in [1.807, 2.05) is 20.9 Å². The lowest BCUT2D eigenvalue weighted by molar-refractivity contribution is -0.149. The molecule has 0 bridgehead atoms. The van der Waals surface area contributed by atoms with Crippen molar-refractivity contribution in [1.29, 1.82) is 0 Å². The largest absolute Gasteiger partial charge is 0.466 e. The number of rotatable bonds is 4. The third kappa shape index (κ3) is 3.31. The van der Waals surface area contributed by atoms with Crippen LogP contribution in [0, 0.1) is 5.92 Å². The van der Waals surface area contributed by atoms with Crippen LogP contribution >= 0.6 is 0 Å². The molecule has 1 aromatic heterocycles. The Morgan fingerprint density at radius 1 is 1.45 bits per heavy atom. The molecule has 6 heteroatoms. The number of aryl methyl sites for hydroxylation is 1. The molecule has 1 atom stereocenters. The third-order valence-electron chi connectivity index (χ3n) is 4.09. The minimum absolute atomic E-state index is 0.0363. The highest BCUT2D eigenvalue weighted by Crippen LogP contribution is 2.24. The van der Waals surface area contributed by atoms with Gasteiger partial charge in [0.05, 0.1) is 30.0 Å². The fourth-order valence-electron chi connectivity index (χ4n) is 3.08. The van der Waals surface area contributed by atoms with Gasteiger partial charge in [0, 0.05) is 20.1 Å². The first-order valence-electron chi connectivity index (χ1n) is 7.93. The molecule has 1 amide bonds. The number of hydrogen-bond acceptors (Lipinski definition) is 4. The number of piperidine rings is 1. The lowest BCUT2D eigenvalue weighted by atomic mass is 9.97. The van der Waals surface area contributed by atoms with E-state index in [1.54, 1.807) is 22.7 Å². The summed E-state index contributed by atoms with van der Waals surface area (Å²) in [4.78, 5) is 26.4. The topological polar surface area (TPSA) is 64.4 Å². The zero-order chi connectivity index (χ0) is 16.3. The van der Waals surface area contributed by atoms with Crippen LogP contribution in [0.15, 0.2) is 6.20 Å². The molecule has 0 aromatic carbocycles. The second-order valence-corrected chi connectivity index (χ2v) is 6.06. The van der Waals surface area contributed by atoms with Crippen molar-refractivity contribution in [3.8, 4) is 0 Å². The fraction of sp³-hybridized carbons (Fsp3) is 0.688. The molecule has 1 aliphatic rings. The van der Waals surface area contributed by atoms with E-state index in [0.717, 1.165) is 18.5 Å². The van der Waals surface area contributed by atoms with Crippen LogP contribution in [0.4, 0.5) is 0 Å². The Morgan fingerprint density at radius 2 is 2.18 bits per heavy atom. The predicted octanol–water partition coefficient (Wildman–Crippen LogP) is 1.96. The average Bonchev–Trinajstić information content (AvgIpc) is 2.88. The Hall–Kier alpha value is -1.85. The first-order valence-corrected chi connectivity index (χ1v) is 7.93. The number of hydrogen-bond donors (Lipinski definition) is 0. The van der Waals surface area contributed by atoms with Crippen LogP contribution in [0.25, 0.3) is 0 Å². The van der Waals surface area contributed by atoms with Crippen molar-refractivity contribution >= 4 is 11.9 Å². The van der Waals surface area contributed by atoms with Crippen molar-refractivity contribution in [2.75, 3.05) is 19.7 Å². The van der Waals surface area contributed by atoms with Gasteiger partial charge < -0.3 is 9.64 Å². The molecule has 2 rings (SSSR count). The molecular formula is C16H25N3O3. The minimum Gasteiger partial charge on any atom is -0.466 e. The maximum atomic E-state index is 12.8. The molecule has 0 radical (unpaired) electrons. The van der Waals surface area contributed by atoms with E-state index in [4.69, 9.17) is 4.74 Å². The van der Waals surface area contributed by atoms with Gasteiger partial charge in [0.15, 0.2) is 0 Å². The van der Waals surface area contributed by atoms with Crippen LogP contribution in [0.2, 0.25) is 0 Å². The van der Waals surface area contributed by atoms with E-state index < -0.39 is 0 Å². The molecular weight excluding hydrogens is 282 g/mol. The van der Waals surface area contributed by atoms with Gasteiger partial charge in [-0.3, -0.25) is 14.3 Å². The molecule has 0 aliphatic carbocycles. The molecule has 1 fully saturated rings. The van der Waals surface area contributed by atoms with E-state index in [0.29, 0.717) is 25.3 Å². The molecule has 0 saturated carbocycles. The van der Waals surface area contributed by atoms with Crippen LogP contribution < -0.4 is 0 Å². The maximum absolute atomic E-state index is 12.8. The van der Waals surface area contributed by atoms with Gasteiger partial charge in [-0.2, -0.15) is 5.10 Å². The highest BCUT2D eigenvalue weighted by molar-refractivity contribution is 5.95. The van der Waals surface area contributed by atoms with Gasteiger partial charge in [0.1, 0.15) is 0 Å². The number of carbonyl (C=O) groups is 2. The minimum atomic E-state index is -0.211. The fourth-order valence-corrected chi connectivity index (χ4v) is 3.08. The molecule has 122 valence electrons. The van der Waals surface area contributed by atoms with Crippen molar-refractivity contribution in [3.05, 3.63) is 17.5 Å². The quantitative estimate of drug-likeness (QED) is 0.798. The number of esters is 1. The summed E-state index contributed by atoms with van der Waals surface area (Å²) in [7, 11) is 1.85. The summed E-state index contributed by atoms with van der Waals surface area (Å²) in [5.41, 5.74) is 1.57. The van der Waals surface area contributed by atoms with Crippen molar-refractivity contribution < 1.29 is 14.3 Å². The third-order valence-corrected chi connectivity index (χ3v) is 4.09. The summed E-state index contributed by atoms with van der Waals surface area (Å²) in [6.07, 6.45) is 3.24. The van der Waals surface area contributed by atoms with E-state index >= 15 is 0 Å². The summed E-state index contributed by atoms with van der Waals surface area (Å²) in [5, 5.41) is 4.21. The SMILES string of the molecule is CCOC(=O)C1CCCN(C(=O)c2cnn(C)c2C(C)C)C1. The van der Waals surface area contributed by atoms with Crippen LogP contribution in [0.5, 0.6) is 0 Å². The summed E-state index contributed by atoms with van der Waals surface area (Å²) >= 11 is 0. The van der Waals surface area contributed by atoms with Gasteiger partial charge in [0.25, 0.3) is 5.91 Å². The van der Waals surface area contributed by atoms with Crippen molar-refractivity contribution in [3.63, 3.8) is 0 Å². The first kappa shape index (κ1) is 16.5. The van der Waals surface area contributed by atoms with E-state index in [-0.39, 0.29) is 23.7 Å². The lowest BCUT2D eigenvalue weighted by Crippen LogP contribution is -2.43. The number of nitrogens with zero attached hydrogens (tertiary/aromatic N) is 3. The Balaban J connectivity index is 2.14. The highest BCUT2D eigenvalue weighted by Gasteiger charge is 2.31. The number of likely N-dealkylation sites (tertiary alicyclic amines) is 1. The van der Waals surface area contributed by atoms with E-state index in [2.05, 4.69) is 5.10 Å². The Kier molecular flexibility index (Phi) is 5.21. The van der Waals surface area contributed by atoms with E-state index in [1.165, 1.54) is 0 Å². The summed E-state index contributed by atoms with van der Waals surface area (Å²) in [5.74, 6) is -0.227. The number of aromatic nitrogens is 2. The normalized spacial score (nSPS) is 18.6. The van der Waals surface area contributed by atoms with Crippen LogP contribution in [-0.4, -0.2) is 46.3 Å². The first-order chi connectivity index (χ1) is 10.5. The van der Waals surface area contributed by atoms with Gasteiger partial charge in [-0.1, -0.05) is 13.8 Å². The molecule has 2 heterocycles. The smallest absolute Gasteiger partial charge is 0.310 e. The van der Waals surface area contributed by atoms with Gasteiger partial charge in [0.2, 0.25) is 0 Å². The lowest BCUT2D eigenvalue weighted by Gasteiger charge is -2.31. The molecule has 22 heavy (non-hydrogen) atoms. The summed E-state index contributed by atoms with van der Waals surface area (Å²) in [6.45, 7) is 7.39. The molecule has 0 N–H and O–H groups in total. The summed E-state index contributed by atoms with van der Waals surface area (Å²) in [6, 6.07) is 0. The zero-order valence-corrected chi connectivity index (χ0v) is 13.8. The van der Waals surface area contributed by atoms with Gasteiger partial charge in [-0.15, -0.1) is 0 Å². The Bertz CT molecular complexity index is 551. The number of carbonyl (C=O) groups excluding carboxylic acids is 2. The molecule has 1 aliphatic heterocycles. The van der Waals surface area contributed by atoms with Crippen molar-refractivity contribution in [2.45, 2.75) is 39.5 Å². The van der Waals surface area contributed by atoms with Gasteiger partial charge in [-0.25, -0.2) is 0 Å². The maximum Gasteiger partial charge on any atom is 0.310 e. The molecule has 0 spiro atoms. The second-order valence-electron chi connectivity index (χ2n) is 6.06. The second kappa shape index (κ2) is 6.94. The summed E-state index contributed by atoms with van der Waals surface area (Å²) < 4.78 is 6.84. The van der Waals surface area contributed by atoms with Crippen LogP contribution in [0.3, 0.4) is 0 Å². The van der Waals surface area contributed by atoms with Crippen molar-refractivity contribution in [2.24, 2.45) is 13.0 Å². The van der Waals surface area contributed by atoms with Crippen molar-refractivity contribution in [1.82, 2.24) is 14.7 Å². The van der Waals surface area contributed by atoms with Crippen LogP contribution in [0.1, 0.15) is 55.6 Å². The standard InChI is InChI=1S/C16H25N3O3/c1-5-22-16(21)12-7-6-8-19(10-12)15(20)13-9-17-18(4)14(13)11(2)3/h9,11-12H,5-8,10H2,1-4H3. The van der Waals surface area contributed by atoms with Crippen LogP contribution in [-0.2, 0) is 16.6 Å². The molecule has 1 saturated heterocycles. The molecule has 1 aromatic rings. The molecule has 6 nitrogen and oxygen atoms in total. The monoisotopic (exact) mass is 307 g/mol. The number of ether oxygens (including phenoxy) is 1. The van der Waals surface area contributed by atoms with Gasteiger partial charge >= 0.3 is 5.97 Å². The predicted molar refractivity (Wildman–Crippen MR) is 82.6 cm³/mol. The average molecular weight is 307 g/mol.